The van der Waals surface area contributed by atoms with Gasteiger partial charge in [0.15, 0.2) is 0 Å². The van der Waals surface area contributed by atoms with Gasteiger partial charge in [-0.3, -0.25) is 19.4 Å². The highest BCUT2D eigenvalue weighted by Gasteiger charge is 2.19. The molecule has 1 aromatic rings. The van der Waals surface area contributed by atoms with E-state index in [1.54, 1.807) is 6.92 Å². The third-order valence-corrected chi connectivity index (χ3v) is 4.49. The summed E-state index contributed by atoms with van der Waals surface area (Å²) in [6.07, 6.45) is 3.90. The van der Waals surface area contributed by atoms with Gasteiger partial charge in [0.2, 0.25) is 5.91 Å². The molecule has 1 aliphatic rings. The molecule has 0 aliphatic carbocycles. The minimum atomic E-state index is -0.397. The summed E-state index contributed by atoms with van der Waals surface area (Å²) in [6, 6.07) is 0. The van der Waals surface area contributed by atoms with Gasteiger partial charge in [0, 0.05) is 57.6 Å². The van der Waals surface area contributed by atoms with E-state index < -0.39 is 5.97 Å². The van der Waals surface area contributed by atoms with Gasteiger partial charge in [-0.15, -0.1) is 0 Å². The second-order valence-corrected chi connectivity index (χ2v) is 6.83. The van der Waals surface area contributed by atoms with Crippen molar-refractivity contribution in [3.63, 3.8) is 0 Å². The summed E-state index contributed by atoms with van der Waals surface area (Å²) in [5.74, 6) is 1.02. The third-order valence-electron chi connectivity index (χ3n) is 4.49. The summed E-state index contributed by atoms with van der Waals surface area (Å²) in [7, 11) is 0. The third kappa shape index (κ3) is 6.42. The van der Waals surface area contributed by atoms with Crippen molar-refractivity contribution in [2.45, 2.75) is 33.2 Å². The molecule has 0 radical (unpaired) electrons. The molecule has 1 N–H and O–H groups in total. The minimum absolute atomic E-state index is 0.0598. The molecule has 8 nitrogen and oxygen atoms in total. The lowest BCUT2D eigenvalue weighted by Gasteiger charge is -2.34. The molecular formula is C18H31N5O3. The van der Waals surface area contributed by atoms with E-state index >= 15 is 0 Å². The van der Waals surface area contributed by atoms with Gasteiger partial charge >= 0.3 is 5.97 Å². The molecule has 0 saturated carbocycles. The predicted molar refractivity (Wildman–Crippen MR) is 98.8 cm³/mol. The monoisotopic (exact) mass is 365 g/mol. The molecule has 0 spiro atoms. The van der Waals surface area contributed by atoms with Crippen molar-refractivity contribution in [2.75, 3.05) is 52.4 Å². The lowest BCUT2D eigenvalue weighted by molar-refractivity contribution is -0.143. The van der Waals surface area contributed by atoms with Crippen molar-refractivity contribution in [3.05, 3.63) is 18.2 Å². The van der Waals surface area contributed by atoms with Gasteiger partial charge in [0.25, 0.3) is 0 Å². The number of hydrogen-bond acceptors (Lipinski definition) is 6. The summed E-state index contributed by atoms with van der Waals surface area (Å²) < 4.78 is 7.02. The number of imidazole rings is 1. The van der Waals surface area contributed by atoms with Gasteiger partial charge in [-0.05, 0) is 6.92 Å². The van der Waals surface area contributed by atoms with Crippen LogP contribution < -0.4 is 5.32 Å². The zero-order valence-corrected chi connectivity index (χ0v) is 16.1. The number of carbonyl (C=O) groups is 2. The van der Waals surface area contributed by atoms with E-state index in [0.717, 1.165) is 45.1 Å². The Bertz CT molecular complexity index is 579. The SMILES string of the molecule is CCOC(=O)CNC(=O)CN1CCN(CCn2ccnc2C(C)C)CC1. The van der Waals surface area contributed by atoms with Crippen LogP contribution in [0, 0.1) is 0 Å². The Morgan fingerprint density at radius 2 is 1.88 bits per heavy atom. The fourth-order valence-electron chi connectivity index (χ4n) is 3.07. The molecular weight excluding hydrogens is 334 g/mol. The number of nitrogens with zero attached hydrogens (tertiary/aromatic N) is 4. The Kier molecular flexibility index (Phi) is 8.06. The molecule has 146 valence electrons. The molecule has 2 rings (SSSR count). The van der Waals surface area contributed by atoms with Crippen molar-refractivity contribution in [1.82, 2.24) is 24.7 Å². The van der Waals surface area contributed by atoms with E-state index in [-0.39, 0.29) is 12.5 Å². The summed E-state index contributed by atoms with van der Waals surface area (Å²) in [5.41, 5.74) is 0. The standard InChI is InChI=1S/C18H31N5O3/c1-4-26-17(25)13-20-16(24)14-22-9-7-21(8-10-22)11-12-23-6-5-19-18(23)15(2)3/h5-6,15H,4,7-14H2,1-3H3,(H,20,24). The number of rotatable bonds is 9. The van der Waals surface area contributed by atoms with Crippen LogP contribution in [0.15, 0.2) is 12.4 Å². The smallest absolute Gasteiger partial charge is 0.325 e. The highest BCUT2D eigenvalue weighted by atomic mass is 16.5. The maximum absolute atomic E-state index is 11.9. The Morgan fingerprint density at radius 3 is 2.54 bits per heavy atom. The Hall–Kier alpha value is -1.93. The Balaban J connectivity index is 1.65. The second-order valence-electron chi connectivity index (χ2n) is 6.83. The van der Waals surface area contributed by atoms with E-state index in [0.29, 0.717) is 19.1 Å². The number of carbonyl (C=O) groups excluding carboxylic acids is 2. The Labute approximate surface area is 155 Å². The molecule has 2 heterocycles. The lowest BCUT2D eigenvalue weighted by Crippen LogP contribution is -2.50. The number of amides is 1. The maximum atomic E-state index is 11.9. The minimum Gasteiger partial charge on any atom is -0.465 e. The van der Waals surface area contributed by atoms with Crippen LogP contribution in [-0.4, -0.2) is 83.6 Å². The van der Waals surface area contributed by atoms with Gasteiger partial charge in [0.05, 0.1) is 13.2 Å². The molecule has 8 heteroatoms. The van der Waals surface area contributed by atoms with Crippen molar-refractivity contribution >= 4 is 11.9 Å². The van der Waals surface area contributed by atoms with Crippen molar-refractivity contribution < 1.29 is 14.3 Å². The summed E-state index contributed by atoms with van der Waals surface area (Å²) >= 11 is 0. The van der Waals surface area contributed by atoms with Crippen molar-refractivity contribution in [1.29, 1.82) is 0 Å². The van der Waals surface area contributed by atoms with E-state index in [9.17, 15) is 9.59 Å². The van der Waals surface area contributed by atoms with E-state index in [2.05, 4.69) is 38.5 Å². The first-order valence-electron chi connectivity index (χ1n) is 9.37. The fraction of sp³-hybridized carbons (Fsp3) is 0.722. The van der Waals surface area contributed by atoms with Gasteiger partial charge in [-0.1, -0.05) is 13.8 Å². The van der Waals surface area contributed by atoms with Crippen molar-refractivity contribution in [2.24, 2.45) is 0 Å². The molecule has 0 atom stereocenters. The molecule has 26 heavy (non-hydrogen) atoms. The lowest BCUT2D eigenvalue weighted by atomic mass is 10.2. The van der Waals surface area contributed by atoms with Crippen LogP contribution >= 0.6 is 0 Å². The van der Waals surface area contributed by atoms with Gasteiger partial charge in [-0.25, -0.2) is 4.98 Å². The highest BCUT2D eigenvalue weighted by Crippen LogP contribution is 2.12. The topological polar surface area (TPSA) is 79.7 Å². The number of ether oxygens (including phenoxy) is 1. The summed E-state index contributed by atoms with van der Waals surface area (Å²) in [6.45, 7) is 12.2. The second kappa shape index (κ2) is 10.3. The van der Waals surface area contributed by atoms with E-state index in [1.165, 1.54) is 0 Å². The molecule has 0 aromatic carbocycles. The molecule has 1 aromatic heterocycles. The van der Waals surface area contributed by atoms with Crippen LogP contribution in [0.1, 0.15) is 32.5 Å². The van der Waals surface area contributed by atoms with E-state index in [4.69, 9.17) is 4.74 Å². The molecule has 0 unspecified atom stereocenters. The largest absolute Gasteiger partial charge is 0.465 e. The first-order valence-corrected chi connectivity index (χ1v) is 9.37. The van der Waals surface area contributed by atoms with E-state index in [1.807, 2.05) is 12.4 Å². The first-order chi connectivity index (χ1) is 12.5. The van der Waals surface area contributed by atoms with Crippen LogP contribution in [-0.2, 0) is 20.9 Å². The van der Waals surface area contributed by atoms with Crippen LogP contribution in [0.5, 0.6) is 0 Å². The number of aromatic nitrogens is 2. The van der Waals surface area contributed by atoms with Crippen LogP contribution in [0.3, 0.4) is 0 Å². The summed E-state index contributed by atoms with van der Waals surface area (Å²) in [5, 5.41) is 2.61. The van der Waals surface area contributed by atoms with Gasteiger partial charge < -0.3 is 14.6 Å². The number of nitrogens with one attached hydrogen (secondary N) is 1. The Morgan fingerprint density at radius 1 is 1.19 bits per heavy atom. The predicted octanol–water partition coefficient (Wildman–Crippen LogP) is 0.303. The normalized spacial score (nSPS) is 16.0. The summed E-state index contributed by atoms with van der Waals surface area (Å²) in [4.78, 5) is 32.1. The number of piperazine rings is 1. The zero-order valence-electron chi connectivity index (χ0n) is 16.1. The van der Waals surface area contributed by atoms with Crippen LogP contribution in [0.4, 0.5) is 0 Å². The first kappa shape index (κ1) is 20.4. The van der Waals surface area contributed by atoms with Gasteiger partial charge in [0.1, 0.15) is 12.4 Å². The molecule has 1 fully saturated rings. The molecule has 1 saturated heterocycles. The molecule has 0 bridgehead atoms. The highest BCUT2D eigenvalue weighted by molar-refractivity contribution is 5.83. The number of hydrogen-bond donors (Lipinski definition) is 1. The number of esters is 1. The molecule has 1 aliphatic heterocycles. The zero-order chi connectivity index (χ0) is 18.9. The van der Waals surface area contributed by atoms with Crippen LogP contribution in [0.25, 0.3) is 0 Å². The van der Waals surface area contributed by atoms with Crippen LogP contribution in [0.2, 0.25) is 0 Å². The quantitative estimate of drug-likeness (QED) is 0.634. The maximum Gasteiger partial charge on any atom is 0.325 e. The fourth-order valence-corrected chi connectivity index (χ4v) is 3.07. The van der Waals surface area contributed by atoms with Crippen molar-refractivity contribution in [3.8, 4) is 0 Å². The van der Waals surface area contributed by atoms with Gasteiger partial charge in [-0.2, -0.15) is 0 Å². The molecule has 1 amide bonds. The average Bonchev–Trinajstić information content (AvgIpc) is 3.08. The average molecular weight is 365 g/mol.